The highest BCUT2D eigenvalue weighted by Crippen LogP contribution is 2.33. The van der Waals surface area contributed by atoms with Crippen molar-refractivity contribution < 1.29 is 33.3 Å². The number of piperazine rings is 1. The zero-order chi connectivity index (χ0) is 34.1. The van der Waals surface area contributed by atoms with E-state index in [1.165, 1.54) is 10.5 Å². The summed E-state index contributed by atoms with van der Waals surface area (Å²) in [6, 6.07) is 18.3. The number of esters is 1. The molecule has 11 nitrogen and oxygen atoms in total. The maximum atomic E-state index is 14.0. The van der Waals surface area contributed by atoms with Gasteiger partial charge in [-0.15, -0.1) is 0 Å². The first-order chi connectivity index (χ1) is 22.4. The minimum Gasteiger partial charge on any atom is -0.497 e. The van der Waals surface area contributed by atoms with Crippen LogP contribution in [-0.2, 0) is 14.3 Å². The third kappa shape index (κ3) is 9.17. The minimum atomic E-state index is -0.919. The number of rotatable bonds is 11. The Morgan fingerprint density at radius 1 is 0.894 bits per heavy atom. The van der Waals surface area contributed by atoms with Crippen LogP contribution in [0.3, 0.4) is 0 Å². The maximum Gasteiger partial charge on any atom is 0.421 e. The van der Waals surface area contributed by atoms with Crippen molar-refractivity contribution in [1.29, 1.82) is 0 Å². The van der Waals surface area contributed by atoms with Gasteiger partial charge in [-0.2, -0.15) is 0 Å². The SMILES string of the molecule is CCOC(=O)c1cccnc1SN(C(=O)OC(C)(C)C)[C@H](C)C(=O)N1CCN(C(c2ccc(OC)cc2)c2ccc(OC)cc2)CC1. The summed E-state index contributed by atoms with van der Waals surface area (Å²) in [5.41, 5.74) is 1.59. The van der Waals surface area contributed by atoms with Gasteiger partial charge in [0.05, 0.1) is 32.4 Å². The summed E-state index contributed by atoms with van der Waals surface area (Å²) in [4.78, 5) is 48.6. The summed E-state index contributed by atoms with van der Waals surface area (Å²) in [5.74, 6) is 0.755. The number of carbonyl (C=O) groups is 3. The lowest BCUT2D eigenvalue weighted by Gasteiger charge is -2.41. The highest BCUT2D eigenvalue weighted by Gasteiger charge is 2.37. The molecule has 1 aliphatic rings. The number of aromatic nitrogens is 1. The van der Waals surface area contributed by atoms with E-state index in [0.717, 1.165) is 34.6 Å². The molecule has 0 radical (unpaired) electrons. The molecule has 12 heteroatoms. The van der Waals surface area contributed by atoms with Crippen molar-refractivity contribution in [2.24, 2.45) is 0 Å². The van der Waals surface area contributed by atoms with E-state index in [4.69, 9.17) is 18.9 Å². The summed E-state index contributed by atoms with van der Waals surface area (Å²) in [5, 5.41) is 0.239. The van der Waals surface area contributed by atoms with E-state index >= 15 is 0 Å². The predicted molar refractivity (Wildman–Crippen MR) is 180 cm³/mol. The first-order valence-electron chi connectivity index (χ1n) is 15.6. The normalized spacial score (nSPS) is 14.3. The lowest BCUT2D eigenvalue weighted by molar-refractivity contribution is -0.136. The van der Waals surface area contributed by atoms with Gasteiger partial charge in [-0.3, -0.25) is 9.69 Å². The van der Waals surface area contributed by atoms with Gasteiger partial charge in [0.1, 0.15) is 28.2 Å². The van der Waals surface area contributed by atoms with Gasteiger partial charge in [-0.05, 0) is 82.1 Å². The average molecular weight is 665 g/mol. The molecule has 252 valence electrons. The van der Waals surface area contributed by atoms with Crippen LogP contribution < -0.4 is 9.47 Å². The smallest absolute Gasteiger partial charge is 0.421 e. The van der Waals surface area contributed by atoms with Crippen LogP contribution in [0.5, 0.6) is 11.5 Å². The third-order valence-electron chi connectivity index (χ3n) is 7.59. The largest absolute Gasteiger partial charge is 0.497 e. The fraction of sp³-hybridized carbons (Fsp3) is 0.429. The van der Waals surface area contributed by atoms with Crippen molar-refractivity contribution in [2.75, 3.05) is 47.0 Å². The van der Waals surface area contributed by atoms with Crippen molar-refractivity contribution in [3.8, 4) is 11.5 Å². The van der Waals surface area contributed by atoms with Crippen LogP contribution in [0, 0.1) is 0 Å². The zero-order valence-corrected chi connectivity index (χ0v) is 28.9. The predicted octanol–water partition coefficient (Wildman–Crippen LogP) is 5.84. The Balaban J connectivity index is 1.54. The highest BCUT2D eigenvalue weighted by molar-refractivity contribution is 7.97. The number of ether oxygens (including phenoxy) is 4. The van der Waals surface area contributed by atoms with Gasteiger partial charge in [0.15, 0.2) is 0 Å². The number of carbonyl (C=O) groups excluding carboxylic acids is 3. The highest BCUT2D eigenvalue weighted by atomic mass is 32.2. The van der Waals surface area contributed by atoms with Crippen LogP contribution in [0.1, 0.15) is 62.1 Å². The van der Waals surface area contributed by atoms with Crippen molar-refractivity contribution >= 4 is 29.9 Å². The van der Waals surface area contributed by atoms with Gasteiger partial charge in [0, 0.05) is 44.3 Å². The number of pyridine rings is 1. The molecule has 1 saturated heterocycles. The molecular formula is C35H44N4O7S. The molecule has 1 atom stereocenters. The number of methoxy groups -OCH3 is 2. The Kier molecular flexibility index (Phi) is 12.1. The van der Waals surface area contributed by atoms with Crippen LogP contribution in [0.15, 0.2) is 71.9 Å². The Morgan fingerprint density at radius 2 is 1.45 bits per heavy atom. The molecular weight excluding hydrogens is 620 g/mol. The standard InChI is InChI=1S/C35H44N4O7S/c1-8-45-33(41)29-10-9-19-36-31(29)47-39(34(42)46-35(3,4)5)24(2)32(40)38-22-20-37(21-23-38)30(25-11-15-27(43-6)16-12-25)26-13-17-28(44-7)18-14-26/h9-19,24,30H,8,20-23H2,1-7H3/t24-/m1/s1. The van der Waals surface area contributed by atoms with Gasteiger partial charge in [-0.25, -0.2) is 18.9 Å². The van der Waals surface area contributed by atoms with E-state index in [9.17, 15) is 14.4 Å². The monoisotopic (exact) mass is 664 g/mol. The van der Waals surface area contributed by atoms with E-state index in [1.54, 1.807) is 65.9 Å². The summed E-state index contributed by atoms with van der Waals surface area (Å²) in [6.45, 7) is 11.0. The van der Waals surface area contributed by atoms with E-state index in [-0.39, 0.29) is 29.1 Å². The Bertz CT molecular complexity index is 1460. The molecule has 3 aromatic rings. The molecule has 0 aliphatic carbocycles. The second kappa shape index (κ2) is 16.0. The molecule has 1 aromatic heterocycles. The molecule has 0 unspecified atom stereocenters. The Hall–Kier alpha value is -4.29. The van der Waals surface area contributed by atoms with E-state index in [0.29, 0.717) is 26.2 Å². The van der Waals surface area contributed by atoms with Gasteiger partial charge < -0.3 is 23.8 Å². The van der Waals surface area contributed by atoms with Crippen molar-refractivity contribution in [2.45, 2.75) is 57.3 Å². The van der Waals surface area contributed by atoms with Gasteiger partial charge in [0.25, 0.3) is 0 Å². The quantitative estimate of drug-likeness (QED) is 0.183. The molecule has 2 amide bonds. The van der Waals surface area contributed by atoms with Gasteiger partial charge >= 0.3 is 12.1 Å². The van der Waals surface area contributed by atoms with Crippen molar-refractivity contribution in [1.82, 2.24) is 19.1 Å². The molecule has 4 rings (SSSR count). The lowest BCUT2D eigenvalue weighted by Crippen LogP contribution is -2.54. The van der Waals surface area contributed by atoms with Gasteiger partial charge in [-0.1, -0.05) is 24.3 Å². The third-order valence-corrected chi connectivity index (χ3v) is 8.75. The van der Waals surface area contributed by atoms with Crippen LogP contribution in [0.25, 0.3) is 0 Å². The van der Waals surface area contributed by atoms with Crippen LogP contribution in [0.4, 0.5) is 4.79 Å². The zero-order valence-electron chi connectivity index (χ0n) is 28.1. The fourth-order valence-corrected chi connectivity index (χ4v) is 6.16. The summed E-state index contributed by atoms with van der Waals surface area (Å²) in [6.07, 6.45) is 0.813. The molecule has 0 saturated carbocycles. The number of nitrogens with zero attached hydrogens (tertiary/aromatic N) is 4. The van der Waals surface area contributed by atoms with Crippen LogP contribution in [-0.4, -0.2) is 95.7 Å². The fourth-order valence-electron chi connectivity index (χ4n) is 5.25. The molecule has 1 fully saturated rings. The number of hydrogen-bond donors (Lipinski definition) is 0. The first-order valence-corrected chi connectivity index (χ1v) is 16.4. The molecule has 1 aliphatic heterocycles. The Labute approximate surface area is 281 Å². The summed E-state index contributed by atoms with van der Waals surface area (Å²) >= 11 is 0.893. The summed E-state index contributed by atoms with van der Waals surface area (Å²) in [7, 11) is 3.29. The first kappa shape index (κ1) is 35.6. The van der Waals surface area contributed by atoms with Gasteiger partial charge in [0.2, 0.25) is 5.91 Å². The number of amides is 2. The second-order valence-electron chi connectivity index (χ2n) is 12.0. The maximum absolute atomic E-state index is 14.0. The van der Waals surface area contributed by atoms with Crippen molar-refractivity contribution in [3.63, 3.8) is 0 Å². The molecule has 0 bridgehead atoms. The van der Waals surface area contributed by atoms with Crippen LogP contribution >= 0.6 is 11.9 Å². The lowest BCUT2D eigenvalue weighted by atomic mass is 9.96. The number of benzene rings is 2. The topological polar surface area (TPSA) is 111 Å². The van der Waals surface area contributed by atoms with E-state index in [1.807, 2.05) is 24.3 Å². The van der Waals surface area contributed by atoms with E-state index in [2.05, 4.69) is 34.1 Å². The van der Waals surface area contributed by atoms with Crippen molar-refractivity contribution in [3.05, 3.63) is 83.6 Å². The molecule has 47 heavy (non-hydrogen) atoms. The molecule has 0 N–H and O–H groups in total. The molecule has 0 spiro atoms. The van der Waals surface area contributed by atoms with Crippen LogP contribution in [0.2, 0.25) is 0 Å². The number of hydrogen-bond acceptors (Lipinski definition) is 10. The second-order valence-corrected chi connectivity index (χ2v) is 12.9. The minimum absolute atomic E-state index is 0.0549. The molecule has 2 aromatic carbocycles. The van der Waals surface area contributed by atoms with E-state index < -0.39 is 23.7 Å². The molecule has 2 heterocycles. The Morgan fingerprint density at radius 3 is 1.94 bits per heavy atom. The average Bonchev–Trinajstić information content (AvgIpc) is 3.07. The summed E-state index contributed by atoms with van der Waals surface area (Å²) < 4.78 is 22.9.